The second kappa shape index (κ2) is 2.57. The smallest absolute Gasteiger partial charge is 0.274 e. The topological polar surface area (TPSA) is 0 Å². The van der Waals surface area contributed by atoms with Gasteiger partial charge in [-0.25, -0.2) is 4.39 Å². The fourth-order valence-corrected chi connectivity index (χ4v) is 1.46. The lowest BCUT2D eigenvalue weighted by Gasteiger charge is -2.13. The van der Waals surface area contributed by atoms with Crippen molar-refractivity contribution in [2.75, 3.05) is 0 Å². The summed E-state index contributed by atoms with van der Waals surface area (Å²) in [7, 11) is -2.93. The van der Waals surface area contributed by atoms with Gasteiger partial charge >= 0.3 is 0 Å². The van der Waals surface area contributed by atoms with Crippen LogP contribution in [-0.4, -0.2) is 14.2 Å². The van der Waals surface area contributed by atoms with E-state index in [-0.39, 0.29) is 0 Å². The highest BCUT2D eigenvalue weighted by molar-refractivity contribution is 6.71. The minimum atomic E-state index is -2.93. The van der Waals surface area contributed by atoms with Crippen LogP contribution in [0.1, 0.15) is 13.3 Å². The van der Waals surface area contributed by atoms with E-state index in [2.05, 4.69) is 0 Å². The number of rotatable bonds is 2. The first-order chi connectivity index (χ1) is 3.48. The Bertz CT molecular complexity index is 67.3. The summed E-state index contributed by atoms with van der Waals surface area (Å²) in [4.78, 5) is 0. The van der Waals surface area contributed by atoms with E-state index in [1.165, 1.54) is 13.1 Å². The molecule has 50 valence electrons. The quantitative estimate of drug-likeness (QED) is 0.406. The molecule has 3 heteroatoms. The molecule has 1 atom stereocenters. The molecule has 1 unspecified atom stereocenters. The van der Waals surface area contributed by atoms with E-state index >= 15 is 0 Å². The molecular weight excluding hydrogens is 126 g/mol. The predicted octanol–water partition coefficient (Wildman–Crippen LogP) is 2.45. The van der Waals surface area contributed by atoms with Crippen molar-refractivity contribution in [2.24, 2.45) is 0 Å². The van der Waals surface area contributed by atoms with Crippen molar-refractivity contribution in [2.45, 2.75) is 32.2 Å². The zero-order valence-electron chi connectivity index (χ0n) is 5.54. The third kappa shape index (κ3) is 2.40. The van der Waals surface area contributed by atoms with Crippen LogP contribution in [0.25, 0.3) is 0 Å². The maximum Gasteiger partial charge on any atom is 0.274 e. The van der Waals surface area contributed by atoms with Crippen LogP contribution in [0.5, 0.6) is 0 Å². The summed E-state index contributed by atoms with van der Waals surface area (Å²) >= 11 is 0. The van der Waals surface area contributed by atoms with E-state index in [0.717, 1.165) is 0 Å². The van der Waals surface area contributed by atoms with Gasteiger partial charge in [-0.05, 0) is 19.5 Å². The lowest BCUT2D eigenvalue weighted by Crippen LogP contribution is -2.32. The Morgan fingerprint density at radius 2 is 1.88 bits per heavy atom. The molecule has 0 saturated heterocycles. The number of hydrogen-bond donors (Lipinski definition) is 0. The van der Waals surface area contributed by atoms with Gasteiger partial charge in [0, 0.05) is 0 Å². The lowest BCUT2D eigenvalue weighted by atomic mass is 10.5. The van der Waals surface area contributed by atoms with Crippen LogP contribution in [0.15, 0.2) is 0 Å². The van der Waals surface area contributed by atoms with E-state index in [0.29, 0.717) is 6.42 Å². The third-order valence-electron chi connectivity index (χ3n) is 1.10. The Morgan fingerprint density at radius 3 is 1.88 bits per heavy atom. The summed E-state index contributed by atoms with van der Waals surface area (Å²) < 4.78 is 24.9. The Labute approximate surface area is 50.1 Å². The Balaban J connectivity index is 3.62. The molecular formula is C5H12F2Si. The SMILES string of the molecule is CCC(F)[Si](C)(C)F. The normalized spacial score (nSPS) is 16.1. The second-order valence-electron chi connectivity index (χ2n) is 2.44. The molecule has 0 fully saturated rings. The van der Waals surface area contributed by atoms with E-state index in [1.54, 1.807) is 6.92 Å². The van der Waals surface area contributed by atoms with Gasteiger partial charge in [0.05, 0.1) is 0 Å². The maximum atomic E-state index is 12.5. The molecule has 8 heavy (non-hydrogen) atoms. The highest BCUT2D eigenvalue weighted by atomic mass is 28.4. The fourth-order valence-electron chi connectivity index (χ4n) is 0.485. The molecule has 0 aliphatic rings. The van der Waals surface area contributed by atoms with Gasteiger partial charge in [0.2, 0.25) is 0 Å². The minimum absolute atomic E-state index is 0.315. The highest BCUT2D eigenvalue weighted by Crippen LogP contribution is 2.15. The second-order valence-corrected chi connectivity index (χ2v) is 6.20. The number of hydrogen-bond acceptors (Lipinski definition) is 0. The van der Waals surface area contributed by atoms with Gasteiger partial charge in [-0.15, -0.1) is 0 Å². The number of halogens is 2. The molecule has 0 radical (unpaired) electrons. The molecule has 0 spiro atoms. The van der Waals surface area contributed by atoms with E-state index in [1.807, 2.05) is 0 Å². The van der Waals surface area contributed by atoms with Crippen LogP contribution in [0, 0.1) is 0 Å². The van der Waals surface area contributed by atoms with Crippen LogP contribution >= 0.6 is 0 Å². The molecule has 0 heterocycles. The lowest BCUT2D eigenvalue weighted by molar-refractivity contribution is 0.395. The average Bonchev–Trinajstić information content (AvgIpc) is 1.62. The van der Waals surface area contributed by atoms with Gasteiger partial charge < -0.3 is 4.11 Å². The molecule has 0 nitrogen and oxygen atoms in total. The fraction of sp³-hybridized carbons (Fsp3) is 1.00. The van der Waals surface area contributed by atoms with Gasteiger partial charge in [-0.2, -0.15) is 0 Å². The van der Waals surface area contributed by atoms with Crippen LogP contribution in [-0.2, 0) is 0 Å². The van der Waals surface area contributed by atoms with Crippen molar-refractivity contribution in [3.8, 4) is 0 Å². The molecule has 0 rings (SSSR count). The minimum Gasteiger partial charge on any atom is -0.311 e. The zero-order chi connectivity index (χ0) is 6.78. The molecule has 0 aromatic rings. The van der Waals surface area contributed by atoms with E-state index in [9.17, 15) is 8.50 Å². The first-order valence-electron chi connectivity index (χ1n) is 2.81. The zero-order valence-corrected chi connectivity index (χ0v) is 6.54. The molecule has 0 N–H and O–H groups in total. The van der Waals surface area contributed by atoms with Crippen molar-refractivity contribution < 1.29 is 8.50 Å². The summed E-state index contributed by atoms with van der Waals surface area (Å²) in [5.74, 6) is -1.18. The monoisotopic (exact) mass is 138 g/mol. The summed E-state index contributed by atoms with van der Waals surface area (Å²) in [5.41, 5.74) is 0. The molecule has 0 aliphatic heterocycles. The summed E-state index contributed by atoms with van der Waals surface area (Å²) in [6.07, 6.45) is 0.315. The van der Waals surface area contributed by atoms with Crippen LogP contribution in [0.3, 0.4) is 0 Å². The Hall–Kier alpha value is 0.0769. The van der Waals surface area contributed by atoms with Gasteiger partial charge in [0.1, 0.15) is 5.79 Å². The van der Waals surface area contributed by atoms with Crippen molar-refractivity contribution in [1.82, 2.24) is 0 Å². The van der Waals surface area contributed by atoms with Crippen LogP contribution in [0.2, 0.25) is 13.1 Å². The first-order valence-corrected chi connectivity index (χ1v) is 5.77. The van der Waals surface area contributed by atoms with Crippen molar-refractivity contribution >= 4 is 8.41 Å². The van der Waals surface area contributed by atoms with Gasteiger partial charge in [0.25, 0.3) is 8.41 Å². The summed E-state index contributed by atoms with van der Waals surface area (Å²) in [5, 5.41) is 0. The predicted molar refractivity (Wildman–Crippen MR) is 33.8 cm³/mol. The summed E-state index contributed by atoms with van der Waals surface area (Å²) in [6, 6.07) is 0. The first kappa shape index (κ1) is 8.08. The maximum absolute atomic E-state index is 12.5. The van der Waals surface area contributed by atoms with Crippen LogP contribution < -0.4 is 0 Å². The molecule has 0 aromatic heterocycles. The van der Waals surface area contributed by atoms with Gasteiger partial charge in [0.15, 0.2) is 0 Å². The Morgan fingerprint density at radius 1 is 1.50 bits per heavy atom. The molecule has 0 aliphatic carbocycles. The molecule has 0 amide bonds. The van der Waals surface area contributed by atoms with Crippen molar-refractivity contribution in [3.05, 3.63) is 0 Å². The summed E-state index contributed by atoms with van der Waals surface area (Å²) in [6.45, 7) is 4.45. The molecule has 0 bridgehead atoms. The molecule has 0 aromatic carbocycles. The van der Waals surface area contributed by atoms with Crippen molar-refractivity contribution in [3.63, 3.8) is 0 Å². The number of alkyl halides is 1. The van der Waals surface area contributed by atoms with Gasteiger partial charge in [-0.3, -0.25) is 0 Å². The van der Waals surface area contributed by atoms with Crippen molar-refractivity contribution in [1.29, 1.82) is 0 Å². The van der Waals surface area contributed by atoms with E-state index < -0.39 is 14.2 Å². The average molecular weight is 138 g/mol. The standard InChI is InChI=1S/C5H12F2Si/c1-4-5(6)8(2,3)7/h5H,4H2,1-3H3. The van der Waals surface area contributed by atoms with E-state index in [4.69, 9.17) is 0 Å². The highest BCUT2D eigenvalue weighted by Gasteiger charge is 2.31. The third-order valence-corrected chi connectivity index (χ3v) is 3.00. The molecule has 0 saturated carbocycles. The van der Waals surface area contributed by atoms with Gasteiger partial charge in [-0.1, -0.05) is 6.92 Å². The Kier molecular flexibility index (Phi) is 2.60. The largest absolute Gasteiger partial charge is 0.311 e. The van der Waals surface area contributed by atoms with Crippen LogP contribution in [0.4, 0.5) is 8.50 Å².